The number of benzene rings is 2. The molecule has 4 rings (SSSR count). The molecule has 1 aliphatic heterocycles. The van der Waals surface area contributed by atoms with Gasteiger partial charge in [0.2, 0.25) is 11.8 Å². The van der Waals surface area contributed by atoms with Crippen molar-refractivity contribution < 1.29 is 9.59 Å². The average molecular weight is 392 g/mol. The lowest BCUT2D eigenvalue weighted by Gasteiger charge is -2.38. The van der Waals surface area contributed by atoms with Gasteiger partial charge in [0.25, 0.3) is 0 Å². The van der Waals surface area contributed by atoms with Gasteiger partial charge in [-0.2, -0.15) is 0 Å². The summed E-state index contributed by atoms with van der Waals surface area (Å²) in [6.45, 7) is 7.56. The Morgan fingerprint density at radius 2 is 1.66 bits per heavy atom. The third-order valence-electron chi connectivity index (χ3n) is 6.13. The molecule has 0 unspecified atom stereocenters. The third kappa shape index (κ3) is 3.74. The number of piperazine rings is 1. The lowest BCUT2D eigenvalue weighted by Crippen LogP contribution is -2.54. The highest BCUT2D eigenvalue weighted by molar-refractivity contribution is 6.14. The van der Waals surface area contributed by atoms with Gasteiger partial charge in [-0.1, -0.05) is 30.3 Å². The molecule has 0 radical (unpaired) electrons. The largest absolute Gasteiger partial charge is 0.368 e. The first-order valence-electron chi connectivity index (χ1n) is 10.5. The van der Waals surface area contributed by atoms with Crippen molar-refractivity contribution in [2.75, 3.05) is 42.5 Å². The number of amides is 2. The lowest BCUT2D eigenvalue weighted by atomic mass is 10.0. The zero-order valence-corrected chi connectivity index (χ0v) is 17.3. The molecule has 5 heteroatoms. The predicted octanol–water partition coefficient (Wildman–Crippen LogP) is 3.48. The van der Waals surface area contributed by atoms with Crippen LogP contribution in [0.25, 0.3) is 0 Å². The second-order valence-corrected chi connectivity index (χ2v) is 8.09. The summed E-state index contributed by atoms with van der Waals surface area (Å²) in [6.07, 6.45) is 1.32. The molecule has 0 bridgehead atoms. The van der Waals surface area contributed by atoms with Crippen LogP contribution in [0.1, 0.15) is 25.3 Å². The molecular weight excluding hydrogens is 362 g/mol. The summed E-state index contributed by atoms with van der Waals surface area (Å²) in [4.78, 5) is 32.6. The second kappa shape index (κ2) is 7.90. The normalized spacial score (nSPS) is 17.7. The number of hydrogen-bond donors (Lipinski definition) is 0. The number of hydrogen-bond acceptors (Lipinski definition) is 3. The lowest BCUT2D eigenvalue weighted by molar-refractivity contribution is -0.143. The van der Waals surface area contributed by atoms with E-state index in [1.165, 1.54) is 11.3 Å². The van der Waals surface area contributed by atoms with Crippen LogP contribution >= 0.6 is 0 Å². The Morgan fingerprint density at radius 3 is 2.24 bits per heavy atom. The van der Waals surface area contributed by atoms with Crippen molar-refractivity contribution in [2.45, 2.75) is 26.7 Å². The highest BCUT2D eigenvalue weighted by Gasteiger charge is 2.59. The molecule has 2 aromatic carbocycles. The van der Waals surface area contributed by atoms with Gasteiger partial charge in [0.1, 0.15) is 5.41 Å². The van der Waals surface area contributed by atoms with Gasteiger partial charge in [0, 0.05) is 44.1 Å². The molecule has 1 heterocycles. The Labute approximate surface area is 172 Å². The Kier molecular flexibility index (Phi) is 5.31. The summed E-state index contributed by atoms with van der Waals surface area (Å²) >= 11 is 0. The van der Waals surface area contributed by atoms with Crippen molar-refractivity contribution in [2.24, 2.45) is 5.41 Å². The van der Waals surface area contributed by atoms with Gasteiger partial charge in [-0.3, -0.25) is 9.59 Å². The number of carbonyl (C=O) groups excluding carboxylic acids is 2. The first-order chi connectivity index (χ1) is 14.0. The smallest absolute Gasteiger partial charge is 0.242 e. The van der Waals surface area contributed by atoms with Crippen LogP contribution in [-0.4, -0.2) is 49.4 Å². The molecule has 152 valence electrons. The Balaban J connectivity index is 1.43. The van der Waals surface area contributed by atoms with E-state index in [1.807, 2.05) is 42.2 Å². The summed E-state index contributed by atoms with van der Waals surface area (Å²) < 4.78 is 0. The van der Waals surface area contributed by atoms with E-state index in [0.717, 1.165) is 18.8 Å². The fourth-order valence-corrected chi connectivity index (χ4v) is 4.25. The molecule has 2 fully saturated rings. The fourth-order valence-electron chi connectivity index (χ4n) is 4.25. The molecule has 0 N–H and O–H groups in total. The highest BCUT2D eigenvalue weighted by Crippen LogP contribution is 2.49. The molecule has 2 amide bonds. The van der Waals surface area contributed by atoms with Crippen LogP contribution in [0.5, 0.6) is 0 Å². The molecule has 2 aromatic rings. The van der Waals surface area contributed by atoms with Crippen molar-refractivity contribution in [1.82, 2.24) is 4.90 Å². The maximum absolute atomic E-state index is 13.3. The first-order valence-corrected chi connectivity index (χ1v) is 10.5. The molecule has 5 nitrogen and oxygen atoms in total. The van der Waals surface area contributed by atoms with Gasteiger partial charge < -0.3 is 14.7 Å². The van der Waals surface area contributed by atoms with E-state index in [1.54, 1.807) is 4.90 Å². The topological polar surface area (TPSA) is 43.9 Å². The Bertz CT molecular complexity index is 884. The zero-order valence-electron chi connectivity index (χ0n) is 17.3. The Hall–Kier alpha value is -2.82. The van der Waals surface area contributed by atoms with E-state index in [0.29, 0.717) is 32.5 Å². The minimum Gasteiger partial charge on any atom is -0.368 e. The Morgan fingerprint density at radius 1 is 0.966 bits per heavy atom. The van der Waals surface area contributed by atoms with E-state index < -0.39 is 5.41 Å². The van der Waals surface area contributed by atoms with Gasteiger partial charge in [0.05, 0.1) is 0 Å². The molecule has 0 aromatic heterocycles. The molecule has 1 saturated heterocycles. The van der Waals surface area contributed by atoms with Crippen molar-refractivity contribution in [3.63, 3.8) is 0 Å². The van der Waals surface area contributed by atoms with E-state index in [4.69, 9.17) is 0 Å². The van der Waals surface area contributed by atoms with E-state index in [-0.39, 0.29) is 11.8 Å². The molecule has 29 heavy (non-hydrogen) atoms. The molecular formula is C24H29N3O2. The number of para-hydroxylation sites is 1. The monoisotopic (exact) mass is 391 g/mol. The number of rotatable bonds is 5. The van der Waals surface area contributed by atoms with Gasteiger partial charge in [-0.05, 0) is 56.5 Å². The van der Waals surface area contributed by atoms with Crippen LogP contribution in [0, 0.1) is 12.3 Å². The van der Waals surface area contributed by atoms with Gasteiger partial charge in [-0.15, -0.1) is 0 Å². The van der Waals surface area contributed by atoms with Crippen LogP contribution in [0.3, 0.4) is 0 Å². The van der Waals surface area contributed by atoms with Crippen molar-refractivity contribution >= 4 is 23.2 Å². The molecule has 1 saturated carbocycles. The fraction of sp³-hybridized carbons (Fsp3) is 0.417. The van der Waals surface area contributed by atoms with Gasteiger partial charge >= 0.3 is 0 Å². The predicted molar refractivity (Wildman–Crippen MR) is 116 cm³/mol. The maximum atomic E-state index is 13.3. The molecule has 0 atom stereocenters. The van der Waals surface area contributed by atoms with E-state index >= 15 is 0 Å². The van der Waals surface area contributed by atoms with Gasteiger partial charge in [0.15, 0.2) is 0 Å². The summed E-state index contributed by atoms with van der Waals surface area (Å²) in [7, 11) is 0. The number of carbonyl (C=O) groups is 2. The summed E-state index contributed by atoms with van der Waals surface area (Å²) in [5.74, 6) is -0.0295. The first kappa shape index (κ1) is 19.5. The number of anilines is 2. The molecule has 0 spiro atoms. The van der Waals surface area contributed by atoms with Crippen molar-refractivity contribution in [3.8, 4) is 0 Å². The SMILES string of the molecule is CCN(C(=O)C1(C(=O)N2CCN(c3cccc(C)c3)CC2)CC1)c1ccccc1. The van der Waals surface area contributed by atoms with E-state index in [9.17, 15) is 9.59 Å². The van der Waals surface area contributed by atoms with Crippen molar-refractivity contribution in [3.05, 3.63) is 60.2 Å². The van der Waals surface area contributed by atoms with Crippen LogP contribution in [-0.2, 0) is 9.59 Å². The summed E-state index contributed by atoms with van der Waals surface area (Å²) in [5, 5.41) is 0. The minimum atomic E-state index is -0.850. The average Bonchev–Trinajstić information content (AvgIpc) is 3.57. The van der Waals surface area contributed by atoms with Crippen molar-refractivity contribution in [1.29, 1.82) is 0 Å². The second-order valence-electron chi connectivity index (χ2n) is 8.09. The highest BCUT2D eigenvalue weighted by atomic mass is 16.2. The number of aryl methyl sites for hydroxylation is 1. The quantitative estimate of drug-likeness (QED) is 0.733. The minimum absolute atomic E-state index is 0.0146. The van der Waals surface area contributed by atoms with Crippen LogP contribution in [0.4, 0.5) is 11.4 Å². The van der Waals surface area contributed by atoms with Gasteiger partial charge in [-0.25, -0.2) is 0 Å². The van der Waals surface area contributed by atoms with Crippen LogP contribution in [0.2, 0.25) is 0 Å². The third-order valence-corrected chi connectivity index (χ3v) is 6.13. The standard InChI is InChI=1S/C24H29N3O2/c1-3-27(20-9-5-4-6-10-20)23(29)24(12-13-24)22(28)26-16-14-25(15-17-26)21-11-7-8-19(2)18-21/h4-11,18H,3,12-17H2,1-2H3. The molecule has 1 aliphatic carbocycles. The summed E-state index contributed by atoms with van der Waals surface area (Å²) in [6, 6.07) is 18.1. The maximum Gasteiger partial charge on any atom is 0.242 e. The van der Waals surface area contributed by atoms with Crippen LogP contribution in [0.15, 0.2) is 54.6 Å². The summed E-state index contributed by atoms with van der Waals surface area (Å²) in [5.41, 5.74) is 2.46. The van der Waals surface area contributed by atoms with Crippen LogP contribution < -0.4 is 9.80 Å². The zero-order chi connectivity index (χ0) is 20.4. The molecule has 2 aliphatic rings. The number of nitrogens with zero attached hydrogens (tertiary/aromatic N) is 3. The van der Waals surface area contributed by atoms with E-state index in [2.05, 4.69) is 36.1 Å².